The van der Waals surface area contributed by atoms with Crippen LogP contribution in [0.25, 0.3) is 0 Å². The van der Waals surface area contributed by atoms with Crippen molar-refractivity contribution in [3.05, 3.63) is 11.4 Å². The topological polar surface area (TPSA) is 88.3 Å². The van der Waals surface area contributed by atoms with Crippen LogP contribution in [0, 0.1) is 6.92 Å². The number of carboxylic acid groups (broad SMARTS) is 1. The maximum Gasteiger partial charge on any atom is 0.358 e. The van der Waals surface area contributed by atoms with E-state index < -0.39 is 5.97 Å². The Morgan fingerprint density at radius 2 is 1.95 bits per heavy atom. The van der Waals surface area contributed by atoms with Gasteiger partial charge in [0.15, 0.2) is 5.69 Å². The quantitative estimate of drug-likeness (QED) is 0.794. The van der Waals surface area contributed by atoms with Crippen molar-refractivity contribution in [2.45, 2.75) is 40.2 Å². The van der Waals surface area contributed by atoms with Gasteiger partial charge < -0.3 is 10.0 Å². The van der Waals surface area contributed by atoms with E-state index in [0.29, 0.717) is 38.2 Å². The molecule has 0 saturated heterocycles. The van der Waals surface area contributed by atoms with Crippen molar-refractivity contribution < 1.29 is 14.7 Å². The van der Waals surface area contributed by atoms with Crippen molar-refractivity contribution in [2.75, 3.05) is 13.1 Å². The number of hydrogen-bond acceptors (Lipinski definition) is 4. The zero-order valence-electron chi connectivity index (χ0n) is 11.6. The van der Waals surface area contributed by atoms with Crippen LogP contribution in [-0.4, -0.2) is 50.0 Å². The molecule has 1 amide bonds. The van der Waals surface area contributed by atoms with E-state index in [1.807, 2.05) is 13.8 Å². The number of aryl methyl sites for hydroxylation is 1. The second kappa shape index (κ2) is 6.86. The van der Waals surface area contributed by atoms with Crippen molar-refractivity contribution in [1.29, 1.82) is 0 Å². The third kappa shape index (κ3) is 3.77. The molecular formula is C12H20N4O3. The molecular weight excluding hydrogens is 248 g/mol. The Labute approximate surface area is 112 Å². The highest BCUT2D eigenvalue weighted by atomic mass is 16.4. The van der Waals surface area contributed by atoms with Gasteiger partial charge in [-0.15, -0.1) is 5.10 Å². The minimum atomic E-state index is -1.08. The number of carbonyl (C=O) groups is 2. The van der Waals surface area contributed by atoms with Crippen LogP contribution in [0.5, 0.6) is 0 Å². The summed E-state index contributed by atoms with van der Waals surface area (Å²) in [5.74, 6) is -0.968. The van der Waals surface area contributed by atoms with Crippen molar-refractivity contribution in [3.63, 3.8) is 0 Å². The lowest BCUT2D eigenvalue weighted by atomic mass is 10.2. The summed E-state index contributed by atoms with van der Waals surface area (Å²) in [4.78, 5) is 24.4. The lowest BCUT2D eigenvalue weighted by Gasteiger charge is -2.18. The van der Waals surface area contributed by atoms with Crippen molar-refractivity contribution >= 4 is 11.9 Å². The zero-order chi connectivity index (χ0) is 14.4. The Balaban J connectivity index is 2.50. The predicted octanol–water partition coefficient (Wildman–Crippen LogP) is 0.933. The van der Waals surface area contributed by atoms with E-state index in [1.165, 1.54) is 4.68 Å². The van der Waals surface area contributed by atoms with Gasteiger partial charge >= 0.3 is 5.97 Å². The van der Waals surface area contributed by atoms with Gasteiger partial charge in [0.2, 0.25) is 5.91 Å². The van der Waals surface area contributed by atoms with Gasteiger partial charge in [0.1, 0.15) is 0 Å². The average Bonchev–Trinajstić information content (AvgIpc) is 2.73. The van der Waals surface area contributed by atoms with Gasteiger partial charge in [-0.25, -0.2) is 9.48 Å². The molecule has 0 radical (unpaired) electrons. The zero-order valence-corrected chi connectivity index (χ0v) is 11.6. The van der Waals surface area contributed by atoms with Gasteiger partial charge in [-0.1, -0.05) is 5.21 Å². The van der Waals surface area contributed by atoms with E-state index in [9.17, 15) is 9.59 Å². The lowest BCUT2D eigenvalue weighted by Crippen LogP contribution is -2.30. The molecule has 0 spiro atoms. The normalized spacial score (nSPS) is 10.5. The first-order valence-corrected chi connectivity index (χ1v) is 6.42. The van der Waals surface area contributed by atoms with Gasteiger partial charge in [-0.3, -0.25) is 4.79 Å². The molecule has 0 bridgehead atoms. The largest absolute Gasteiger partial charge is 0.476 e. The number of hydrogen-bond donors (Lipinski definition) is 1. The molecule has 0 aliphatic carbocycles. The summed E-state index contributed by atoms with van der Waals surface area (Å²) in [6, 6.07) is 0. The van der Waals surface area contributed by atoms with Crippen molar-refractivity contribution in [3.8, 4) is 0 Å². The van der Waals surface area contributed by atoms with Crippen LogP contribution < -0.4 is 0 Å². The van der Waals surface area contributed by atoms with Gasteiger partial charge in [-0.2, -0.15) is 0 Å². The number of carbonyl (C=O) groups excluding carboxylic acids is 1. The van der Waals surface area contributed by atoms with Crippen LogP contribution in [-0.2, 0) is 11.3 Å². The van der Waals surface area contributed by atoms with E-state index in [2.05, 4.69) is 10.3 Å². The number of nitrogens with zero attached hydrogens (tertiary/aromatic N) is 4. The molecule has 0 atom stereocenters. The van der Waals surface area contributed by atoms with Crippen LogP contribution in [0.15, 0.2) is 0 Å². The van der Waals surface area contributed by atoms with Gasteiger partial charge in [-0.05, 0) is 27.2 Å². The van der Waals surface area contributed by atoms with Crippen LogP contribution in [0.4, 0.5) is 0 Å². The fourth-order valence-corrected chi connectivity index (χ4v) is 1.88. The summed E-state index contributed by atoms with van der Waals surface area (Å²) in [7, 11) is 0. The maximum atomic E-state index is 11.8. The van der Waals surface area contributed by atoms with E-state index in [-0.39, 0.29) is 11.6 Å². The van der Waals surface area contributed by atoms with Crippen LogP contribution >= 0.6 is 0 Å². The summed E-state index contributed by atoms with van der Waals surface area (Å²) < 4.78 is 1.53. The molecule has 1 heterocycles. The highest BCUT2D eigenvalue weighted by Gasteiger charge is 2.15. The predicted molar refractivity (Wildman–Crippen MR) is 68.9 cm³/mol. The summed E-state index contributed by atoms with van der Waals surface area (Å²) in [5, 5.41) is 16.2. The molecule has 7 heteroatoms. The van der Waals surface area contributed by atoms with E-state index in [0.717, 1.165) is 0 Å². The van der Waals surface area contributed by atoms with Crippen LogP contribution in [0.2, 0.25) is 0 Å². The first-order valence-electron chi connectivity index (χ1n) is 6.42. The molecule has 0 unspecified atom stereocenters. The summed E-state index contributed by atoms with van der Waals surface area (Å²) in [6.07, 6.45) is 1.06. The Bertz CT molecular complexity index is 452. The summed E-state index contributed by atoms with van der Waals surface area (Å²) in [6.45, 7) is 7.47. The van der Waals surface area contributed by atoms with Crippen LogP contribution in [0.1, 0.15) is 42.9 Å². The Morgan fingerprint density at radius 1 is 1.32 bits per heavy atom. The standard InChI is InChI=1S/C12H20N4O3/c1-4-15(5-2)10(17)7-6-8-16-9(3)11(12(18)19)13-14-16/h4-8H2,1-3H3,(H,18,19). The lowest BCUT2D eigenvalue weighted by molar-refractivity contribution is -0.130. The van der Waals surface area contributed by atoms with E-state index in [4.69, 9.17) is 5.11 Å². The monoisotopic (exact) mass is 268 g/mol. The van der Waals surface area contributed by atoms with Gasteiger partial charge in [0.05, 0.1) is 5.69 Å². The Morgan fingerprint density at radius 3 is 2.42 bits per heavy atom. The minimum absolute atomic E-state index is 0.0323. The van der Waals surface area contributed by atoms with Crippen molar-refractivity contribution in [1.82, 2.24) is 19.9 Å². The second-order valence-electron chi connectivity index (χ2n) is 4.22. The molecule has 7 nitrogen and oxygen atoms in total. The molecule has 0 aromatic carbocycles. The van der Waals surface area contributed by atoms with Crippen LogP contribution in [0.3, 0.4) is 0 Å². The van der Waals surface area contributed by atoms with E-state index >= 15 is 0 Å². The molecule has 1 N–H and O–H groups in total. The van der Waals surface area contributed by atoms with Gasteiger partial charge in [0.25, 0.3) is 0 Å². The van der Waals surface area contributed by atoms with E-state index in [1.54, 1.807) is 11.8 Å². The molecule has 19 heavy (non-hydrogen) atoms. The smallest absolute Gasteiger partial charge is 0.358 e. The molecule has 0 fully saturated rings. The summed E-state index contributed by atoms with van der Waals surface area (Å²) in [5.41, 5.74) is 0.484. The summed E-state index contributed by atoms with van der Waals surface area (Å²) >= 11 is 0. The number of rotatable bonds is 7. The molecule has 1 aromatic rings. The number of aromatic nitrogens is 3. The molecule has 0 aliphatic heterocycles. The SMILES string of the molecule is CCN(CC)C(=O)CCCn1nnc(C(=O)O)c1C. The maximum absolute atomic E-state index is 11.8. The fourth-order valence-electron chi connectivity index (χ4n) is 1.88. The molecule has 1 aromatic heterocycles. The molecule has 0 aliphatic rings. The number of carboxylic acids is 1. The highest BCUT2D eigenvalue weighted by molar-refractivity contribution is 5.86. The fraction of sp³-hybridized carbons (Fsp3) is 0.667. The third-order valence-corrected chi connectivity index (χ3v) is 3.06. The Hall–Kier alpha value is -1.92. The first-order chi connectivity index (χ1) is 9.01. The van der Waals surface area contributed by atoms with Crippen molar-refractivity contribution in [2.24, 2.45) is 0 Å². The second-order valence-corrected chi connectivity index (χ2v) is 4.22. The molecule has 1 rings (SSSR count). The molecule has 0 saturated carbocycles. The van der Waals surface area contributed by atoms with Gasteiger partial charge in [0, 0.05) is 26.1 Å². The minimum Gasteiger partial charge on any atom is -0.476 e. The number of amides is 1. The Kier molecular flexibility index (Phi) is 5.47. The average molecular weight is 268 g/mol. The number of aromatic carboxylic acids is 1. The first kappa shape index (κ1) is 15.1. The molecule has 106 valence electrons. The highest BCUT2D eigenvalue weighted by Crippen LogP contribution is 2.06. The third-order valence-electron chi connectivity index (χ3n) is 3.06.